The Hall–Kier alpha value is -3.88. The third kappa shape index (κ3) is 5.19. The molecule has 5 rings (SSSR count). The molecule has 1 N–H and O–H groups in total. The Morgan fingerprint density at radius 3 is 2.64 bits per heavy atom. The molecule has 2 aromatic heterocycles. The van der Waals surface area contributed by atoms with Crippen LogP contribution in [0.25, 0.3) is 16.6 Å². The highest BCUT2D eigenvalue weighted by atomic mass is 19.4. The Morgan fingerprint density at radius 1 is 1.11 bits per heavy atom. The first-order valence-electron chi connectivity index (χ1n) is 11.8. The summed E-state index contributed by atoms with van der Waals surface area (Å²) in [5.41, 5.74) is 2.11. The van der Waals surface area contributed by atoms with Gasteiger partial charge in [0.05, 0.1) is 17.9 Å². The zero-order valence-corrected chi connectivity index (χ0v) is 19.7. The molecule has 6 nitrogen and oxygen atoms in total. The van der Waals surface area contributed by atoms with Crippen molar-refractivity contribution < 1.29 is 18.3 Å². The number of hydrogen-bond donors (Lipinski definition) is 1. The summed E-state index contributed by atoms with van der Waals surface area (Å²) in [5, 5.41) is 16.8. The number of imidazole rings is 1. The van der Waals surface area contributed by atoms with Crippen LogP contribution in [0.4, 0.5) is 18.9 Å². The van der Waals surface area contributed by atoms with Crippen molar-refractivity contribution in [3.63, 3.8) is 0 Å². The van der Waals surface area contributed by atoms with Gasteiger partial charge in [-0.15, -0.1) is 0 Å². The average molecular weight is 493 g/mol. The third-order valence-corrected chi connectivity index (χ3v) is 6.48. The molecule has 4 aromatic rings. The van der Waals surface area contributed by atoms with Crippen molar-refractivity contribution in [2.45, 2.75) is 50.9 Å². The van der Waals surface area contributed by atoms with Crippen LogP contribution in [0.3, 0.4) is 0 Å². The minimum atomic E-state index is -4.54. The first-order valence-corrected chi connectivity index (χ1v) is 11.8. The molecule has 1 unspecified atom stereocenters. The summed E-state index contributed by atoms with van der Waals surface area (Å²) < 4.78 is 42.3. The highest BCUT2D eigenvalue weighted by Gasteiger charge is 2.34. The van der Waals surface area contributed by atoms with Crippen molar-refractivity contribution in [1.29, 1.82) is 0 Å². The van der Waals surface area contributed by atoms with E-state index < -0.39 is 11.9 Å². The fourth-order valence-corrected chi connectivity index (χ4v) is 4.66. The maximum atomic E-state index is 13.5. The van der Waals surface area contributed by atoms with E-state index in [1.165, 1.54) is 0 Å². The van der Waals surface area contributed by atoms with E-state index in [9.17, 15) is 18.3 Å². The van der Waals surface area contributed by atoms with E-state index in [-0.39, 0.29) is 18.0 Å². The number of anilines is 1. The lowest BCUT2D eigenvalue weighted by atomic mass is 9.91. The lowest BCUT2D eigenvalue weighted by Gasteiger charge is -2.30. The molecule has 0 saturated heterocycles. The van der Waals surface area contributed by atoms with Gasteiger partial charge in [-0.25, -0.2) is 9.97 Å². The van der Waals surface area contributed by atoms with Crippen molar-refractivity contribution in [3.05, 3.63) is 84.1 Å². The van der Waals surface area contributed by atoms with Crippen molar-refractivity contribution in [1.82, 2.24) is 14.5 Å². The molecule has 1 aliphatic carbocycles. The molecule has 0 radical (unpaired) electrons. The van der Waals surface area contributed by atoms with Crippen molar-refractivity contribution >= 4 is 22.5 Å². The summed E-state index contributed by atoms with van der Waals surface area (Å²) in [7, 11) is 0. The Kier molecular flexibility index (Phi) is 6.38. The van der Waals surface area contributed by atoms with E-state index in [0.717, 1.165) is 36.6 Å². The molecule has 36 heavy (non-hydrogen) atoms. The number of fused-ring (bicyclic) bond motifs is 1. The van der Waals surface area contributed by atoms with Gasteiger partial charge in [0.15, 0.2) is 0 Å². The largest absolute Gasteiger partial charge is 0.858 e. The van der Waals surface area contributed by atoms with E-state index in [1.807, 2.05) is 35.9 Å². The average Bonchev–Trinajstić information content (AvgIpc) is 3.39. The number of nitrogens with zero attached hydrogens (tertiary/aromatic N) is 4. The first kappa shape index (κ1) is 23.8. The van der Waals surface area contributed by atoms with Gasteiger partial charge in [-0.1, -0.05) is 23.8 Å². The summed E-state index contributed by atoms with van der Waals surface area (Å²) in [6.07, 6.45) is 3.59. The van der Waals surface area contributed by atoms with Gasteiger partial charge in [0.2, 0.25) is 0 Å². The molecule has 2 heterocycles. The number of hydrogen-bond acceptors (Lipinski definition) is 5. The maximum absolute atomic E-state index is 13.5. The number of benzene rings is 2. The minimum Gasteiger partial charge on any atom is -0.858 e. The van der Waals surface area contributed by atoms with Gasteiger partial charge >= 0.3 is 6.18 Å². The number of alkyl halides is 3. The van der Waals surface area contributed by atoms with Crippen LogP contribution < -0.4 is 10.4 Å². The molecule has 9 heteroatoms. The van der Waals surface area contributed by atoms with Crippen LogP contribution in [-0.4, -0.2) is 32.5 Å². The third-order valence-electron chi connectivity index (χ3n) is 6.48. The Labute approximate surface area is 206 Å². The SMILES string of the molecule is Cc1ccc2nc(C(F)(F)F)cc(N[C@H]3CCCC(N=C([O-])c4ccc(-n5ccnc5)cc4)C3)c2c1. The van der Waals surface area contributed by atoms with Crippen LogP contribution in [-0.2, 0) is 6.18 Å². The second kappa shape index (κ2) is 9.64. The monoisotopic (exact) mass is 492 g/mol. The second-order valence-corrected chi connectivity index (χ2v) is 9.19. The molecular weight excluding hydrogens is 467 g/mol. The smallest absolute Gasteiger partial charge is 0.433 e. The number of aromatic nitrogens is 3. The van der Waals surface area contributed by atoms with E-state index >= 15 is 0 Å². The Balaban J connectivity index is 1.34. The van der Waals surface area contributed by atoms with Crippen LogP contribution in [0.1, 0.15) is 42.5 Å². The fraction of sp³-hybridized carbons (Fsp3) is 0.296. The molecule has 2 atom stereocenters. The topological polar surface area (TPSA) is 78.2 Å². The molecule has 1 fully saturated rings. The number of nitrogens with one attached hydrogen (secondary N) is 1. The normalized spacial score (nSPS) is 18.9. The standard InChI is InChI=1S/C27H26F3N5O/c1-17-5-10-23-22(13-17)24(15-25(34-23)27(28,29)30)32-19-3-2-4-20(14-19)33-26(36)18-6-8-21(9-7-18)35-12-11-31-16-35/h5-13,15-16,19-20H,2-4,14H2,1H3,(H,32,34)(H,33,36)/p-1/t19-,20?/m0/s1. The molecule has 0 bridgehead atoms. The molecule has 186 valence electrons. The highest BCUT2D eigenvalue weighted by Crippen LogP contribution is 2.35. The summed E-state index contributed by atoms with van der Waals surface area (Å²) in [5.74, 6) is -0.290. The highest BCUT2D eigenvalue weighted by molar-refractivity contribution is 5.92. The fourth-order valence-electron chi connectivity index (χ4n) is 4.66. The van der Waals surface area contributed by atoms with Crippen LogP contribution in [0.5, 0.6) is 0 Å². The molecular formula is C27H25F3N5O-. The van der Waals surface area contributed by atoms with E-state index in [1.54, 1.807) is 36.8 Å². The van der Waals surface area contributed by atoms with Crippen LogP contribution in [0.15, 0.2) is 72.2 Å². The molecule has 1 saturated carbocycles. The summed E-state index contributed by atoms with van der Waals surface area (Å²) in [6.45, 7) is 1.89. The van der Waals surface area contributed by atoms with Crippen LogP contribution in [0, 0.1) is 6.92 Å². The summed E-state index contributed by atoms with van der Waals surface area (Å²) >= 11 is 0. The number of halogens is 3. The van der Waals surface area contributed by atoms with Gasteiger partial charge in [-0.2, -0.15) is 13.2 Å². The predicted molar refractivity (Wildman–Crippen MR) is 131 cm³/mol. The van der Waals surface area contributed by atoms with Crippen molar-refractivity contribution in [2.24, 2.45) is 4.99 Å². The van der Waals surface area contributed by atoms with Gasteiger partial charge in [0, 0.05) is 35.2 Å². The zero-order valence-electron chi connectivity index (χ0n) is 19.7. The zero-order chi connectivity index (χ0) is 25.3. The molecule has 0 spiro atoms. The molecule has 2 aromatic carbocycles. The first-order chi connectivity index (χ1) is 17.3. The van der Waals surface area contributed by atoms with E-state index in [2.05, 4.69) is 20.3 Å². The van der Waals surface area contributed by atoms with E-state index in [4.69, 9.17) is 0 Å². The minimum absolute atomic E-state index is 0.101. The van der Waals surface area contributed by atoms with Gasteiger partial charge < -0.3 is 15.0 Å². The molecule has 0 aliphatic heterocycles. The number of pyridine rings is 1. The number of rotatable bonds is 5. The maximum Gasteiger partial charge on any atom is 0.433 e. The number of aliphatic imine (C=N–C) groups is 1. The predicted octanol–water partition coefficient (Wildman–Crippen LogP) is 5.28. The van der Waals surface area contributed by atoms with Gasteiger partial charge in [0.25, 0.3) is 0 Å². The Morgan fingerprint density at radius 2 is 1.92 bits per heavy atom. The van der Waals surface area contributed by atoms with Crippen molar-refractivity contribution in [3.8, 4) is 5.69 Å². The Bertz CT molecular complexity index is 1380. The lowest BCUT2D eigenvalue weighted by Crippen LogP contribution is -2.31. The van der Waals surface area contributed by atoms with Crippen LogP contribution >= 0.6 is 0 Å². The van der Waals surface area contributed by atoms with E-state index in [0.29, 0.717) is 28.6 Å². The van der Waals surface area contributed by atoms with Gasteiger partial charge in [-0.3, -0.25) is 4.99 Å². The summed E-state index contributed by atoms with van der Waals surface area (Å²) in [6, 6.07) is 13.1. The quantitative estimate of drug-likeness (QED) is 0.304. The van der Waals surface area contributed by atoms with Gasteiger partial charge in [-0.05, 0) is 74.4 Å². The molecule has 0 amide bonds. The second-order valence-electron chi connectivity index (χ2n) is 9.19. The van der Waals surface area contributed by atoms with Gasteiger partial charge in [0.1, 0.15) is 5.69 Å². The number of aryl methyl sites for hydroxylation is 1. The molecule has 1 aliphatic rings. The summed E-state index contributed by atoms with van der Waals surface area (Å²) in [4.78, 5) is 12.3. The van der Waals surface area contributed by atoms with Crippen LogP contribution in [0.2, 0.25) is 0 Å². The lowest BCUT2D eigenvalue weighted by molar-refractivity contribution is -0.213. The van der Waals surface area contributed by atoms with Crippen molar-refractivity contribution in [2.75, 3.05) is 5.32 Å².